The Labute approximate surface area is 174 Å². The topological polar surface area (TPSA) is 64.1 Å². The molecule has 0 aliphatic rings. The Kier molecular flexibility index (Phi) is 9.69. The monoisotopic (exact) mass is 399 g/mol. The van der Waals surface area contributed by atoms with Crippen molar-refractivity contribution in [3.05, 3.63) is 53.6 Å². The Morgan fingerprint density at radius 3 is 2.21 bits per heavy atom. The molecule has 0 aromatic heterocycles. The first kappa shape index (κ1) is 22.4. The molecule has 0 fully saturated rings. The Bertz CT molecular complexity index is 738. The highest BCUT2D eigenvalue weighted by molar-refractivity contribution is 5.79. The van der Waals surface area contributed by atoms with Crippen LogP contribution < -0.4 is 24.8 Å². The minimum atomic E-state index is 0.507. The first-order valence-electron chi connectivity index (χ1n) is 10.2. The number of nitrogens with one attached hydrogen (secondary N) is 2. The lowest BCUT2D eigenvalue weighted by Gasteiger charge is -2.15. The van der Waals surface area contributed by atoms with Gasteiger partial charge in [0.1, 0.15) is 0 Å². The van der Waals surface area contributed by atoms with Crippen molar-refractivity contribution in [2.24, 2.45) is 4.99 Å². The quantitative estimate of drug-likeness (QED) is 0.342. The van der Waals surface area contributed by atoms with Gasteiger partial charge >= 0.3 is 0 Å². The van der Waals surface area contributed by atoms with E-state index in [0.29, 0.717) is 30.4 Å². The summed E-state index contributed by atoms with van der Waals surface area (Å²) in [4.78, 5) is 4.70. The number of benzene rings is 2. The first-order valence-corrected chi connectivity index (χ1v) is 10.2. The van der Waals surface area contributed by atoms with Crippen LogP contribution in [0.4, 0.5) is 0 Å². The van der Waals surface area contributed by atoms with Crippen LogP contribution in [0.25, 0.3) is 0 Å². The number of guanidine groups is 1. The number of hydrogen-bond donors (Lipinski definition) is 2. The predicted octanol–water partition coefficient (Wildman–Crippen LogP) is 3.79. The van der Waals surface area contributed by atoms with Crippen LogP contribution in [0.5, 0.6) is 17.2 Å². The maximum absolute atomic E-state index is 5.66. The van der Waals surface area contributed by atoms with E-state index in [1.807, 2.05) is 25.1 Å². The molecule has 0 saturated heterocycles. The SMILES string of the molecule is CCNC(=NCc1cc(OC)c(OCC)c(OC)c1)NCCCc1ccccc1. The lowest BCUT2D eigenvalue weighted by molar-refractivity contribution is 0.288. The average molecular weight is 400 g/mol. The molecule has 2 aromatic carbocycles. The van der Waals surface area contributed by atoms with Crippen molar-refractivity contribution in [1.29, 1.82) is 0 Å². The van der Waals surface area contributed by atoms with Gasteiger partial charge in [0.25, 0.3) is 0 Å². The van der Waals surface area contributed by atoms with Gasteiger partial charge in [0, 0.05) is 13.1 Å². The normalized spacial score (nSPS) is 11.1. The van der Waals surface area contributed by atoms with E-state index in [0.717, 1.165) is 37.5 Å². The van der Waals surface area contributed by atoms with E-state index < -0.39 is 0 Å². The summed E-state index contributed by atoms with van der Waals surface area (Å²) in [5, 5.41) is 6.69. The van der Waals surface area contributed by atoms with Crippen LogP contribution in [0.15, 0.2) is 47.5 Å². The highest BCUT2D eigenvalue weighted by atomic mass is 16.5. The highest BCUT2D eigenvalue weighted by Crippen LogP contribution is 2.38. The largest absolute Gasteiger partial charge is 0.493 e. The number of aryl methyl sites for hydroxylation is 1. The fourth-order valence-electron chi connectivity index (χ4n) is 2.97. The zero-order chi connectivity index (χ0) is 20.9. The Morgan fingerprint density at radius 2 is 1.62 bits per heavy atom. The van der Waals surface area contributed by atoms with Crippen LogP contribution in [0.2, 0.25) is 0 Å². The molecule has 158 valence electrons. The molecule has 0 aliphatic heterocycles. The van der Waals surface area contributed by atoms with Crippen LogP contribution >= 0.6 is 0 Å². The minimum absolute atomic E-state index is 0.507. The lowest BCUT2D eigenvalue weighted by Crippen LogP contribution is -2.37. The standard InChI is InChI=1S/C23H33N3O3/c1-5-24-23(25-14-10-13-18-11-8-7-9-12-18)26-17-19-15-20(27-3)22(29-6-2)21(16-19)28-4/h7-9,11-12,15-16H,5-6,10,13-14,17H2,1-4H3,(H2,24,25,26). The molecule has 0 amide bonds. The molecular formula is C23H33N3O3. The third-order valence-electron chi connectivity index (χ3n) is 4.35. The number of aliphatic imine (C=N–C) groups is 1. The lowest BCUT2D eigenvalue weighted by atomic mass is 10.1. The van der Waals surface area contributed by atoms with Gasteiger partial charge < -0.3 is 24.8 Å². The zero-order valence-corrected chi connectivity index (χ0v) is 18.0. The van der Waals surface area contributed by atoms with Crippen molar-refractivity contribution in [1.82, 2.24) is 10.6 Å². The highest BCUT2D eigenvalue weighted by Gasteiger charge is 2.13. The minimum Gasteiger partial charge on any atom is -0.493 e. The van der Waals surface area contributed by atoms with E-state index in [4.69, 9.17) is 19.2 Å². The van der Waals surface area contributed by atoms with E-state index in [2.05, 4.69) is 41.8 Å². The van der Waals surface area contributed by atoms with Gasteiger partial charge in [0.15, 0.2) is 17.5 Å². The second kappa shape index (κ2) is 12.5. The summed E-state index contributed by atoms with van der Waals surface area (Å²) in [6, 6.07) is 14.4. The van der Waals surface area contributed by atoms with Crippen molar-refractivity contribution < 1.29 is 14.2 Å². The van der Waals surface area contributed by atoms with Crippen molar-refractivity contribution in [2.45, 2.75) is 33.2 Å². The number of ether oxygens (including phenoxy) is 3. The Balaban J connectivity index is 1.99. The zero-order valence-electron chi connectivity index (χ0n) is 18.0. The molecule has 6 heteroatoms. The van der Waals surface area contributed by atoms with Gasteiger partial charge in [0.2, 0.25) is 5.75 Å². The molecule has 2 N–H and O–H groups in total. The van der Waals surface area contributed by atoms with Gasteiger partial charge in [-0.05, 0) is 49.9 Å². The molecule has 0 heterocycles. The van der Waals surface area contributed by atoms with E-state index >= 15 is 0 Å². The number of methoxy groups -OCH3 is 2. The molecule has 0 bridgehead atoms. The number of nitrogens with zero attached hydrogens (tertiary/aromatic N) is 1. The summed E-state index contributed by atoms with van der Waals surface area (Å²) < 4.78 is 16.6. The third kappa shape index (κ3) is 7.22. The van der Waals surface area contributed by atoms with E-state index in [-0.39, 0.29) is 0 Å². The van der Waals surface area contributed by atoms with Gasteiger partial charge in [-0.25, -0.2) is 4.99 Å². The molecule has 0 unspecified atom stereocenters. The Morgan fingerprint density at radius 1 is 0.931 bits per heavy atom. The summed E-state index contributed by atoms with van der Waals surface area (Å²) in [5.74, 6) is 2.72. The summed E-state index contributed by atoms with van der Waals surface area (Å²) >= 11 is 0. The molecule has 0 atom stereocenters. The molecule has 6 nitrogen and oxygen atoms in total. The third-order valence-corrected chi connectivity index (χ3v) is 4.35. The molecule has 2 aromatic rings. The van der Waals surface area contributed by atoms with Gasteiger partial charge in [-0.2, -0.15) is 0 Å². The molecule has 0 saturated carbocycles. The molecule has 2 rings (SSSR count). The van der Waals surface area contributed by atoms with Crippen molar-refractivity contribution in [3.63, 3.8) is 0 Å². The fraction of sp³-hybridized carbons (Fsp3) is 0.435. The fourth-order valence-corrected chi connectivity index (χ4v) is 2.97. The summed E-state index contributed by atoms with van der Waals surface area (Å²) in [6.45, 7) is 6.71. The van der Waals surface area contributed by atoms with Crippen LogP contribution in [0, 0.1) is 0 Å². The second-order valence-electron chi connectivity index (χ2n) is 6.47. The van der Waals surface area contributed by atoms with E-state index in [1.165, 1.54) is 5.56 Å². The maximum atomic E-state index is 5.66. The molecular weight excluding hydrogens is 366 g/mol. The molecule has 0 spiro atoms. The number of hydrogen-bond acceptors (Lipinski definition) is 4. The van der Waals surface area contributed by atoms with Crippen LogP contribution in [-0.4, -0.2) is 39.9 Å². The van der Waals surface area contributed by atoms with Crippen LogP contribution in [-0.2, 0) is 13.0 Å². The van der Waals surface area contributed by atoms with Gasteiger partial charge in [-0.1, -0.05) is 30.3 Å². The van der Waals surface area contributed by atoms with Crippen LogP contribution in [0.3, 0.4) is 0 Å². The number of rotatable bonds is 11. The van der Waals surface area contributed by atoms with Gasteiger partial charge in [-0.3, -0.25) is 0 Å². The van der Waals surface area contributed by atoms with Crippen molar-refractivity contribution in [2.75, 3.05) is 33.9 Å². The summed E-state index contributed by atoms with van der Waals surface area (Å²) in [5.41, 5.74) is 2.34. The van der Waals surface area contributed by atoms with Crippen LogP contribution in [0.1, 0.15) is 31.4 Å². The van der Waals surface area contributed by atoms with Gasteiger partial charge in [-0.15, -0.1) is 0 Å². The molecule has 0 radical (unpaired) electrons. The predicted molar refractivity (Wildman–Crippen MR) is 118 cm³/mol. The van der Waals surface area contributed by atoms with Gasteiger partial charge in [0.05, 0.1) is 27.4 Å². The Hall–Kier alpha value is -2.89. The molecule has 29 heavy (non-hydrogen) atoms. The average Bonchev–Trinajstić information content (AvgIpc) is 2.76. The summed E-state index contributed by atoms with van der Waals surface area (Å²) in [6.07, 6.45) is 2.08. The van der Waals surface area contributed by atoms with Crippen molar-refractivity contribution >= 4 is 5.96 Å². The molecule has 0 aliphatic carbocycles. The first-order chi connectivity index (χ1) is 14.2. The summed E-state index contributed by atoms with van der Waals surface area (Å²) in [7, 11) is 3.26. The maximum Gasteiger partial charge on any atom is 0.203 e. The van der Waals surface area contributed by atoms with E-state index in [1.54, 1.807) is 14.2 Å². The second-order valence-corrected chi connectivity index (χ2v) is 6.47. The van der Waals surface area contributed by atoms with Crippen molar-refractivity contribution in [3.8, 4) is 17.2 Å². The van der Waals surface area contributed by atoms with E-state index in [9.17, 15) is 0 Å². The smallest absolute Gasteiger partial charge is 0.203 e.